The fourth-order valence-electron chi connectivity index (χ4n) is 1.01. The van der Waals surface area contributed by atoms with Gasteiger partial charge in [0.2, 0.25) is 0 Å². The summed E-state index contributed by atoms with van der Waals surface area (Å²) in [7, 11) is -1.31. The van der Waals surface area contributed by atoms with E-state index in [9.17, 15) is 4.79 Å². The van der Waals surface area contributed by atoms with Gasteiger partial charge in [0, 0.05) is 5.57 Å². The van der Waals surface area contributed by atoms with E-state index in [2.05, 4.69) is 20.4 Å². The first-order valence-corrected chi connectivity index (χ1v) is 8.79. The molecule has 0 amide bonds. The normalized spacial score (nSPS) is 11.1. The van der Waals surface area contributed by atoms with Crippen molar-refractivity contribution in [2.75, 3.05) is 6.23 Å². The minimum atomic E-state index is -1.31. The first kappa shape index (κ1) is 14.4. The van der Waals surface area contributed by atoms with Gasteiger partial charge in [0.05, 0.1) is 14.3 Å². The van der Waals surface area contributed by atoms with Crippen LogP contribution in [0.1, 0.15) is 34.6 Å². The monoisotopic (exact) mass is 228 g/mol. The van der Waals surface area contributed by atoms with Crippen molar-refractivity contribution in [1.82, 2.24) is 0 Å². The van der Waals surface area contributed by atoms with E-state index in [0.29, 0.717) is 6.23 Å². The summed E-state index contributed by atoms with van der Waals surface area (Å²) in [5.41, 5.74) is 1.79. The van der Waals surface area contributed by atoms with Gasteiger partial charge >= 0.3 is 5.97 Å². The van der Waals surface area contributed by atoms with Crippen LogP contribution in [0.25, 0.3) is 0 Å². The molecule has 15 heavy (non-hydrogen) atoms. The van der Waals surface area contributed by atoms with Gasteiger partial charge < -0.3 is 4.74 Å². The summed E-state index contributed by atoms with van der Waals surface area (Å²) in [6, 6.07) is 2.34. The van der Waals surface area contributed by atoms with E-state index in [1.165, 1.54) is 12.1 Å². The lowest BCUT2D eigenvalue weighted by molar-refractivity contribution is -0.137. The molecule has 88 valence electrons. The highest BCUT2D eigenvalue weighted by atomic mass is 28.3. The first-order chi connectivity index (χ1) is 6.86. The van der Waals surface area contributed by atoms with Gasteiger partial charge in [0.25, 0.3) is 0 Å². The molecule has 0 fully saturated rings. The Hall–Kier alpha value is -0.573. The van der Waals surface area contributed by atoms with Crippen LogP contribution in [0.5, 0.6) is 0 Å². The van der Waals surface area contributed by atoms with Gasteiger partial charge in [0.1, 0.15) is 0 Å². The average molecular weight is 228 g/mol. The summed E-state index contributed by atoms with van der Waals surface area (Å²) in [6.07, 6.45) is 0.656. The zero-order chi connectivity index (χ0) is 12.1. The predicted molar refractivity (Wildman–Crippen MR) is 67.6 cm³/mol. The van der Waals surface area contributed by atoms with Crippen molar-refractivity contribution < 1.29 is 9.53 Å². The van der Waals surface area contributed by atoms with E-state index in [1.54, 1.807) is 0 Å². The van der Waals surface area contributed by atoms with Crippen LogP contribution < -0.4 is 0 Å². The Morgan fingerprint density at radius 2 is 1.60 bits per heavy atom. The maximum atomic E-state index is 11.6. The third-order valence-electron chi connectivity index (χ3n) is 3.32. The fourth-order valence-corrected chi connectivity index (χ4v) is 2.39. The van der Waals surface area contributed by atoms with E-state index in [-0.39, 0.29) is 5.97 Å². The molecule has 0 heterocycles. The van der Waals surface area contributed by atoms with Crippen LogP contribution >= 0.6 is 0 Å². The van der Waals surface area contributed by atoms with Crippen LogP contribution in [0.2, 0.25) is 18.6 Å². The molecule has 0 spiro atoms. The molecule has 0 N–H and O–H groups in total. The molecule has 0 aromatic rings. The minimum Gasteiger partial charge on any atom is -0.466 e. The number of allylic oxidation sites excluding steroid dienone is 1. The lowest BCUT2D eigenvalue weighted by Gasteiger charge is -2.23. The van der Waals surface area contributed by atoms with Crippen LogP contribution in [-0.4, -0.2) is 20.3 Å². The Labute approximate surface area is 94.7 Å². The second kappa shape index (κ2) is 6.11. The lowest BCUT2D eigenvalue weighted by atomic mass is 10.2. The molecule has 0 saturated carbocycles. The molecule has 2 nitrogen and oxygen atoms in total. The largest absolute Gasteiger partial charge is 0.466 e. The SMILES string of the molecule is CC[Si](C)(CC)COC(=O)C(C)=C(C)C. The van der Waals surface area contributed by atoms with Gasteiger partial charge in [-0.25, -0.2) is 4.79 Å². The third-order valence-corrected chi connectivity index (χ3v) is 7.57. The Balaban J connectivity index is 4.29. The number of ether oxygens (including phenoxy) is 1. The van der Waals surface area contributed by atoms with Crippen LogP contribution in [0.4, 0.5) is 0 Å². The van der Waals surface area contributed by atoms with Crippen molar-refractivity contribution in [3.63, 3.8) is 0 Å². The van der Waals surface area contributed by atoms with Gasteiger partial charge in [-0.2, -0.15) is 0 Å². The second-order valence-electron chi connectivity index (χ2n) is 4.72. The fraction of sp³-hybridized carbons (Fsp3) is 0.750. The third kappa shape index (κ3) is 4.65. The van der Waals surface area contributed by atoms with E-state index < -0.39 is 8.07 Å². The number of carbonyl (C=O) groups excluding carboxylic acids is 1. The van der Waals surface area contributed by atoms with E-state index in [1.807, 2.05) is 20.8 Å². The van der Waals surface area contributed by atoms with Crippen molar-refractivity contribution in [3.05, 3.63) is 11.1 Å². The zero-order valence-electron chi connectivity index (χ0n) is 10.9. The molecule has 0 radical (unpaired) electrons. The number of hydrogen-bond donors (Lipinski definition) is 0. The number of rotatable bonds is 5. The molecule has 0 bridgehead atoms. The molecule has 3 heteroatoms. The number of carbonyl (C=O) groups is 1. The van der Waals surface area contributed by atoms with Crippen LogP contribution in [-0.2, 0) is 9.53 Å². The Bertz CT molecular complexity index is 248. The predicted octanol–water partition coefficient (Wildman–Crippen LogP) is 3.54. The second-order valence-corrected chi connectivity index (χ2v) is 10.0. The van der Waals surface area contributed by atoms with E-state index in [0.717, 1.165) is 11.1 Å². The molecule has 0 aliphatic rings. The molecule has 0 aliphatic heterocycles. The maximum absolute atomic E-state index is 11.6. The molecule has 0 aromatic heterocycles. The number of esters is 1. The van der Waals surface area contributed by atoms with Gasteiger partial charge in [0.15, 0.2) is 0 Å². The molecular weight excluding hydrogens is 204 g/mol. The minimum absolute atomic E-state index is 0.143. The van der Waals surface area contributed by atoms with Crippen LogP contribution in [0, 0.1) is 0 Å². The van der Waals surface area contributed by atoms with Gasteiger partial charge in [-0.3, -0.25) is 0 Å². The first-order valence-electron chi connectivity index (χ1n) is 5.67. The summed E-state index contributed by atoms with van der Waals surface area (Å²) in [5, 5.41) is 0. The highest BCUT2D eigenvalue weighted by Gasteiger charge is 2.25. The lowest BCUT2D eigenvalue weighted by Crippen LogP contribution is -2.36. The summed E-state index contributed by atoms with van der Waals surface area (Å²) < 4.78 is 5.38. The molecule has 0 saturated heterocycles. The smallest absolute Gasteiger partial charge is 0.333 e. The Morgan fingerprint density at radius 3 is 1.93 bits per heavy atom. The van der Waals surface area contributed by atoms with Gasteiger partial charge in [-0.15, -0.1) is 0 Å². The van der Waals surface area contributed by atoms with Crippen molar-refractivity contribution in [3.8, 4) is 0 Å². The molecule has 0 aromatic carbocycles. The van der Waals surface area contributed by atoms with Crippen molar-refractivity contribution in [2.45, 2.75) is 53.3 Å². The quantitative estimate of drug-likeness (QED) is 0.409. The van der Waals surface area contributed by atoms with Crippen molar-refractivity contribution in [2.24, 2.45) is 0 Å². The Morgan fingerprint density at radius 1 is 1.13 bits per heavy atom. The summed E-state index contributed by atoms with van der Waals surface area (Å²) >= 11 is 0. The Kier molecular flexibility index (Phi) is 5.87. The summed E-state index contributed by atoms with van der Waals surface area (Å²) in [4.78, 5) is 11.6. The summed E-state index contributed by atoms with van der Waals surface area (Å²) in [5.74, 6) is -0.143. The van der Waals surface area contributed by atoms with Crippen LogP contribution in [0.3, 0.4) is 0 Å². The van der Waals surface area contributed by atoms with Crippen molar-refractivity contribution in [1.29, 1.82) is 0 Å². The standard InChI is InChI=1S/C12H24O2Si/c1-7-15(6,8-2)9-14-12(13)11(5)10(3)4/h7-9H2,1-6H3. The highest BCUT2D eigenvalue weighted by molar-refractivity contribution is 6.78. The highest BCUT2D eigenvalue weighted by Crippen LogP contribution is 2.16. The molecule has 0 rings (SSSR count). The molecule has 0 atom stereocenters. The maximum Gasteiger partial charge on any atom is 0.333 e. The molecular formula is C12H24O2Si. The summed E-state index contributed by atoms with van der Waals surface area (Å²) in [6.45, 7) is 12.4. The van der Waals surface area contributed by atoms with Gasteiger partial charge in [-0.1, -0.05) is 38.1 Å². The topological polar surface area (TPSA) is 26.3 Å². The van der Waals surface area contributed by atoms with Crippen molar-refractivity contribution >= 4 is 14.0 Å². The molecule has 0 unspecified atom stereocenters. The zero-order valence-corrected chi connectivity index (χ0v) is 11.9. The average Bonchev–Trinajstić information content (AvgIpc) is 2.24. The van der Waals surface area contributed by atoms with E-state index in [4.69, 9.17) is 4.74 Å². The molecule has 0 aliphatic carbocycles. The van der Waals surface area contributed by atoms with E-state index >= 15 is 0 Å². The van der Waals surface area contributed by atoms with Gasteiger partial charge in [-0.05, 0) is 20.8 Å². The number of hydrogen-bond acceptors (Lipinski definition) is 2. The van der Waals surface area contributed by atoms with Crippen LogP contribution in [0.15, 0.2) is 11.1 Å².